The highest BCUT2D eigenvalue weighted by molar-refractivity contribution is 5.79. The SMILES string of the molecule is CCOC(=O)N(C)CCc1cc(OC)c(OC)cc1C=O. The van der Waals surface area contributed by atoms with Gasteiger partial charge in [0.15, 0.2) is 11.5 Å². The van der Waals surface area contributed by atoms with E-state index in [1.165, 1.54) is 19.1 Å². The second kappa shape index (κ2) is 8.14. The van der Waals surface area contributed by atoms with Crippen LogP contribution in [0.25, 0.3) is 0 Å². The number of carbonyl (C=O) groups is 2. The Morgan fingerprint density at radius 1 is 1.24 bits per heavy atom. The predicted octanol–water partition coefficient (Wildman–Crippen LogP) is 2.15. The van der Waals surface area contributed by atoms with Gasteiger partial charge < -0.3 is 19.1 Å². The molecule has 1 amide bonds. The number of methoxy groups -OCH3 is 2. The first-order valence-electron chi connectivity index (χ1n) is 6.65. The van der Waals surface area contributed by atoms with Crippen LogP contribution < -0.4 is 9.47 Å². The highest BCUT2D eigenvalue weighted by atomic mass is 16.6. The van der Waals surface area contributed by atoms with Crippen molar-refractivity contribution in [2.45, 2.75) is 13.3 Å². The van der Waals surface area contributed by atoms with E-state index in [1.807, 2.05) is 0 Å². The standard InChI is InChI=1S/C15H21NO5/c1-5-21-15(18)16(2)7-6-11-8-13(19-3)14(20-4)9-12(11)10-17/h8-10H,5-7H2,1-4H3. The number of nitrogens with zero attached hydrogens (tertiary/aromatic N) is 1. The van der Waals surface area contributed by atoms with Crippen molar-refractivity contribution < 1.29 is 23.8 Å². The minimum absolute atomic E-state index is 0.332. The molecule has 0 unspecified atom stereocenters. The summed E-state index contributed by atoms with van der Waals surface area (Å²) in [5.41, 5.74) is 1.31. The topological polar surface area (TPSA) is 65.1 Å². The first-order chi connectivity index (χ1) is 10.1. The second-order valence-corrected chi connectivity index (χ2v) is 4.39. The van der Waals surface area contributed by atoms with Crippen LogP contribution in [0.2, 0.25) is 0 Å². The van der Waals surface area contributed by atoms with Crippen LogP contribution in [0.4, 0.5) is 4.79 Å². The minimum atomic E-state index is -0.384. The zero-order valence-corrected chi connectivity index (χ0v) is 12.8. The summed E-state index contributed by atoms with van der Waals surface area (Å²) in [5, 5.41) is 0. The fourth-order valence-corrected chi connectivity index (χ4v) is 1.88. The molecule has 0 aromatic heterocycles. The molecule has 6 nitrogen and oxygen atoms in total. The summed E-state index contributed by atoms with van der Waals surface area (Å²) in [5.74, 6) is 1.05. The van der Waals surface area contributed by atoms with Crippen molar-refractivity contribution >= 4 is 12.4 Å². The summed E-state index contributed by atoms with van der Waals surface area (Å²) >= 11 is 0. The number of rotatable bonds is 7. The Morgan fingerprint density at radius 3 is 2.38 bits per heavy atom. The second-order valence-electron chi connectivity index (χ2n) is 4.39. The van der Waals surface area contributed by atoms with Gasteiger partial charge in [0.1, 0.15) is 6.29 Å². The van der Waals surface area contributed by atoms with E-state index in [9.17, 15) is 9.59 Å². The zero-order chi connectivity index (χ0) is 15.8. The van der Waals surface area contributed by atoms with Crippen LogP contribution in [0.5, 0.6) is 11.5 Å². The third kappa shape index (κ3) is 4.37. The molecule has 0 N–H and O–H groups in total. The summed E-state index contributed by atoms with van der Waals surface area (Å²) in [4.78, 5) is 24.2. The Labute approximate surface area is 124 Å². The Kier molecular flexibility index (Phi) is 6.52. The molecular weight excluding hydrogens is 274 g/mol. The maximum atomic E-state index is 11.5. The number of benzene rings is 1. The number of ether oxygens (including phenoxy) is 3. The molecule has 0 aliphatic rings. The molecule has 0 bridgehead atoms. The fraction of sp³-hybridized carbons (Fsp3) is 0.467. The largest absolute Gasteiger partial charge is 0.493 e. The van der Waals surface area contributed by atoms with Crippen molar-refractivity contribution in [2.24, 2.45) is 0 Å². The van der Waals surface area contributed by atoms with Crippen LogP contribution in [0.15, 0.2) is 12.1 Å². The summed E-state index contributed by atoms with van der Waals surface area (Å²) in [7, 11) is 4.70. The number of amides is 1. The molecule has 0 radical (unpaired) electrons. The lowest BCUT2D eigenvalue weighted by Gasteiger charge is -2.17. The van der Waals surface area contributed by atoms with Crippen LogP contribution in [-0.2, 0) is 11.2 Å². The van der Waals surface area contributed by atoms with Crippen LogP contribution in [-0.4, -0.2) is 51.7 Å². The molecule has 0 saturated heterocycles. The average molecular weight is 295 g/mol. The molecule has 1 aromatic rings. The summed E-state index contributed by atoms with van der Waals surface area (Å²) < 4.78 is 15.3. The summed E-state index contributed by atoms with van der Waals surface area (Å²) in [6.07, 6.45) is 0.899. The highest BCUT2D eigenvalue weighted by Crippen LogP contribution is 2.30. The van der Waals surface area contributed by atoms with Crippen molar-refractivity contribution in [1.82, 2.24) is 4.90 Å². The van der Waals surface area contributed by atoms with E-state index in [0.29, 0.717) is 36.6 Å². The van der Waals surface area contributed by atoms with E-state index in [1.54, 1.807) is 26.1 Å². The van der Waals surface area contributed by atoms with Gasteiger partial charge in [0, 0.05) is 19.2 Å². The Hall–Kier alpha value is -2.24. The monoisotopic (exact) mass is 295 g/mol. The maximum Gasteiger partial charge on any atom is 0.409 e. The van der Waals surface area contributed by atoms with E-state index in [-0.39, 0.29) is 6.09 Å². The molecule has 1 aromatic carbocycles. The van der Waals surface area contributed by atoms with Gasteiger partial charge in [-0.2, -0.15) is 0 Å². The van der Waals surface area contributed by atoms with Crippen LogP contribution >= 0.6 is 0 Å². The third-order valence-electron chi connectivity index (χ3n) is 3.07. The van der Waals surface area contributed by atoms with Crippen molar-refractivity contribution in [2.75, 3.05) is 34.4 Å². The first-order valence-corrected chi connectivity index (χ1v) is 6.65. The Morgan fingerprint density at radius 2 is 1.86 bits per heavy atom. The summed E-state index contributed by atoms with van der Waals surface area (Å²) in [6.45, 7) is 2.53. The lowest BCUT2D eigenvalue weighted by atomic mass is 10.0. The zero-order valence-electron chi connectivity index (χ0n) is 12.8. The number of carbonyl (C=O) groups excluding carboxylic acids is 2. The van der Waals surface area contributed by atoms with Crippen LogP contribution in [0.1, 0.15) is 22.8 Å². The predicted molar refractivity (Wildman–Crippen MR) is 78.3 cm³/mol. The van der Waals surface area contributed by atoms with Gasteiger partial charge in [-0.3, -0.25) is 4.79 Å². The van der Waals surface area contributed by atoms with E-state index in [2.05, 4.69) is 0 Å². The fourth-order valence-electron chi connectivity index (χ4n) is 1.88. The number of likely N-dealkylation sites (N-methyl/N-ethyl adjacent to an activating group) is 1. The summed E-state index contributed by atoms with van der Waals surface area (Å²) in [6, 6.07) is 3.38. The van der Waals surface area contributed by atoms with Gasteiger partial charge >= 0.3 is 6.09 Å². The molecule has 0 fully saturated rings. The lowest BCUT2D eigenvalue weighted by molar-refractivity contribution is 0.112. The molecule has 6 heteroatoms. The Balaban J connectivity index is 2.87. The number of hydrogen-bond donors (Lipinski definition) is 0. The average Bonchev–Trinajstić information content (AvgIpc) is 2.51. The smallest absolute Gasteiger partial charge is 0.409 e. The molecule has 21 heavy (non-hydrogen) atoms. The van der Waals surface area contributed by atoms with Crippen molar-refractivity contribution in [3.63, 3.8) is 0 Å². The molecule has 0 aliphatic carbocycles. The normalized spacial score (nSPS) is 9.90. The number of hydrogen-bond acceptors (Lipinski definition) is 5. The van der Waals surface area contributed by atoms with Crippen molar-refractivity contribution in [1.29, 1.82) is 0 Å². The number of aldehydes is 1. The third-order valence-corrected chi connectivity index (χ3v) is 3.07. The van der Waals surface area contributed by atoms with E-state index >= 15 is 0 Å². The lowest BCUT2D eigenvalue weighted by Crippen LogP contribution is -2.29. The van der Waals surface area contributed by atoms with Gasteiger partial charge in [0.05, 0.1) is 20.8 Å². The van der Waals surface area contributed by atoms with E-state index in [4.69, 9.17) is 14.2 Å². The minimum Gasteiger partial charge on any atom is -0.493 e. The van der Waals surface area contributed by atoms with E-state index < -0.39 is 0 Å². The van der Waals surface area contributed by atoms with Gasteiger partial charge in [-0.25, -0.2) is 4.79 Å². The molecule has 0 heterocycles. The molecule has 0 saturated carbocycles. The molecule has 0 atom stereocenters. The quantitative estimate of drug-likeness (QED) is 0.721. The van der Waals surface area contributed by atoms with Crippen LogP contribution in [0, 0.1) is 0 Å². The van der Waals surface area contributed by atoms with E-state index in [0.717, 1.165) is 11.8 Å². The highest BCUT2D eigenvalue weighted by Gasteiger charge is 2.13. The molecule has 116 valence electrons. The first kappa shape index (κ1) is 16.8. The van der Waals surface area contributed by atoms with Gasteiger partial charge in [-0.15, -0.1) is 0 Å². The molecular formula is C15H21NO5. The van der Waals surface area contributed by atoms with Crippen molar-refractivity contribution in [3.8, 4) is 11.5 Å². The molecule has 1 rings (SSSR count). The Bertz CT molecular complexity index is 501. The van der Waals surface area contributed by atoms with Gasteiger partial charge in [0.2, 0.25) is 0 Å². The van der Waals surface area contributed by atoms with Crippen LogP contribution in [0.3, 0.4) is 0 Å². The van der Waals surface area contributed by atoms with Gasteiger partial charge in [-0.05, 0) is 31.0 Å². The molecule has 0 aliphatic heterocycles. The maximum absolute atomic E-state index is 11.5. The van der Waals surface area contributed by atoms with Gasteiger partial charge in [-0.1, -0.05) is 0 Å². The van der Waals surface area contributed by atoms with Gasteiger partial charge in [0.25, 0.3) is 0 Å². The molecule has 0 spiro atoms. The van der Waals surface area contributed by atoms with Crippen molar-refractivity contribution in [3.05, 3.63) is 23.3 Å².